The summed E-state index contributed by atoms with van der Waals surface area (Å²) in [7, 11) is 0. The van der Waals surface area contributed by atoms with Gasteiger partial charge in [-0.2, -0.15) is 0 Å². The number of phenols is 1. The molecule has 222 valence electrons. The highest BCUT2D eigenvalue weighted by Gasteiger charge is 2.67. The molecule has 1 N–H and O–H groups in total. The van der Waals surface area contributed by atoms with Gasteiger partial charge in [0.25, 0.3) is 5.69 Å². The number of amides is 4. The summed E-state index contributed by atoms with van der Waals surface area (Å²) < 4.78 is 14.8. The van der Waals surface area contributed by atoms with Crippen molar-refractivity contribution in [3.05, 3.63) is 106 Å². The Hall–Kier alpha value is -5.19. The summed E-state index contributed by atoms with van der Waals surface area (Å²) in [6, 6.07) is 17.7. The van der Waals surface area contributed by atoms with E-state index in [0.29, 0.717) is 16.8 Å². The van der Waals surface area contributed by atoms with Crippen LogP contribution in [0.25, 0.3) is 0 Å². The Bertz CT molecular complexity index is 1820. The van der Waals surface area contributed by atoms with Gasteiger partial charge in [-0.05, 0) is 61.6 Å². The van der Waals surface area contributed by atoms with Crippen molar-refractivity contribution in [2.24, 2.45) is 29.1 Å². The third-order valence-corrected chi connectivity index (χ3v) is 9.89. The maximum atomic E-state index is 14.8. The Morgan fingerprint density at radius 2 is 1.61 bits per heavy atom. The molecule has 2 heterocycles. The molecule has 0 aromatic heterocycles. The lowest BCUT2D eigenvalue weighted by molar-refractivity contribution is -0.384. The molecule has 2 saturated heterocycles. The van der Waals surface area contributed by atoms with Gasteiger partial charge in [0.15, 0.2) is 11.6 Å². The molecule has 0 bridgehead atoms. The van der Waals surface area contributed by atoms with Gasteiger partial charge < -0.3 is 5.11 Å². The van der Waals surface area contributed by atoms with Gasteiger partial charge in [-0.25, -0.2) is 14.2 Å². The molecule has 1 saturated carbocycles. The van der Waals surface area contributed by atoms with E-state index in [1.165, 1.54) is 36.4 Å². The van der Waals surface area contributed by atoms with Crippen LogP contribution in [0.4, 0.5) is 21.5 Å². The van der Waals surface area contributed by atoms with Crippen molar-refractivity contribution in [2.45, 2.75) is 25.7 Å². The van der Waals surface area contributed by atoms with Crippen molar-refractivity contribution in [2.75, 3.05) is 9.80 Å². The average Bonchev–Trinajstić information content (AvgIpc) is 3.38. The summed E-state index contributed by atoms with van der Waals surface area (Å²) in [4.78, 5) is 69.1. The topological polar surface area (TPSA) is 138 Å². The number of nitro benzene ring substituents is 1. The second-order valence-electron chi connectivity index (χ2n) is 12.0. The van der Waals surface area contributed by atoms with Crippen LogP contribution < -0.4 is 9.80 Å². The van der Waals surface area contributed by atoms with E-state index in [4.69, 9.17) is 0 Å². The molecule has 0 unspecified atom stereocenters. The predicted molar refractivity (Wildman–Crippen MR) is 155 cm³/mol. The van der Waals surface area contributed by atoms with E-state index in [-0.39, 0.29) is 24.2 Å². The molecule has 3 aromatic rings. The number of phenolic OH excluding ortho intramolecular Hbond substituents is 1. The van der Waals surface area contributed by atoms with Gasteiger partial charge in [0, 0.05) is 18.1 Å². The van der Waals surface area contributed by atoms with E-state index in [2.05, 4.69) is 0 Å². The zero-order valence-electron chi connectivity index (χ0n) is 23.4. The molecular weight excluding hydrogens is 569 g/mol. The van der Waals surface area contributed by atoms with E-state index in [9.17, 15) is 38.8 Å². The minimum absolute atomic E-state index is 0.0883. The van der Waals surface area contributed by atoms with E-state index in [1.54, 1.807) is 37.3 Å². The normalized spacial score (nSPS) is 29.3. The first-order chi connectivity index (χ1) is 21.0. The number of carbonyl (C=O) groups excluding carboxylic acids is 4. The quantitative estimate of drug-likeness (QED) is 0.196. The van der Waals surface area contributed by atoms with Crippen LogP contribution in [0.2, 0.25) is 0 Å². The third-order valence-electron chi connectivity index (χ3n) is 9.89. The van der Waals surface area contributed by atoms with Gasteiger partial charge in [-0.15, -0.1) is 0 Å². The number of rotatable bonds is 4. The van der Waals surface area contributed by atoms with Gasteiger partial charge in [0.05, 0.1) is 39.5 Å². The number of nitro groups is 1. The van der Waals surface area contributed by atoms with Crippen LogP contribution in [0.1, 0.15) is 31.2 Å². The molecule has 3 aromatic carbocycles. The van der Waals surface area contributed by atoms with Gasteiger partial charge >= 0.3 is 0 Å². The lowest BCUT2D eigenvalue weighted by Crippen LogP contribution is -2.48. The monoisotopic (exact) mass is 595 g/mol. The number of anilines is 2. The van der Waals surface area contributed by atoms with E-state index < -0.39 is 75.1 Å². The zero-order valence-corrected chi connectivity index (χ0v) is 23.4. The summed E-state index contributed by atoms with van der Waals surface area (Å²) in [5.41, 5.74) is -0.107. The predicted octanol–water partition coefficient (Wildman–Crippen LogP) is 4.87. The van der Waals surface area contributed by atoms with Gasteiger partial charge in [-0.3, -0.25) is 29.3 Å². The first-order valence-corrected chi connectivity index (χ1v) is 14.3. The Morgan fingerprint density at radius 1 is 0.886 bits per heavy atom. The number of fused-ring (bicyclic) bond motifs is 4. The largest absolute Gasteiger partial charge is 0.505 e. The van der Waals surface area contributed by atoms with Crippen molar-refractivity contribution >= 4 is 40.7 Å². The van der Waals surface area contributed by atoms with E-state index >= 15 is 0 Å². The number of halogens is 1. The van der Waals surface area contributed by atoms with Crippen molar-refractivity contribution in [3.8, 4) is 5.75 Å². The number of imide groups is 2. The SMILES string of the molecule is C[C@@]12C(=O)N(c3ccccc3)C(=O)[C@@H]1C[C@@H]1C(=CC[C@@H]3C(=O)N(c4cccc([N+](=O)[O-])c4)C(=O)[C@@H]31)[C@@H]2c1ccc(O)c(F)c1. The fourth-order valence-corrected chi connectivity index (χ4v) is 7.92. The van der Waals surface area contributed by atoms with Gasteiger partial charge in [0.2, 0.25) is 23.6 Å². The highest BCUT2D eigenvalue weighted by atomic mass is 19.1. The molecule has 0 spiro atoms. The highest BCUT2D eigenvalue weighted by Crippen LogP contribution is 2.63. The van der Waals surface area contributed by atoms with Crippen LogP contribution in [-0.2, 0) is 19.2 Å². The van der Waals surface area contributed by atoms with E-state index in [1.807, 2.05) is 6.08 Å². The fraction of sp³-hybridized carbons (Fsp3) is 0.273. The molecule has 4 amide bonds. The van der Waals surface area contributed by atoms with E-state index in [0.717, 1.165) is 15.9 Å². The second-order valence-corrected chi connectivity index (χ2v) is 12.0. The van der Waals surface area contributed by atoms with Gasteiger partial charge in [-0.1, -0.05) is 42.0 Å². The maximum Gasteiger partial charge on any atom is 0.271 e. The molecule has 44 heavy (non-hydrogen) atoms. The molecule has 2 aliphatic heterocycles. The number of benzene rings is 3. The molecule has 4 aliphatic rings. The Labute approximate surface area is 250 Å². The van der Waals surface area contributed by atoms with Crippen LogP contribution in [0.15, 0.2) is 84.4 Å². The lowest BCUT2D eigenvalue weighted by Gasteiger charge is -2.49. The molecule has 11 heteroatoms. The number of hydrogen-bond acceptors (Lipinski definition) is 7. The highest BCUT2D eigenvalue weighted by molar-refractivity contribution is 6.25. The van der Waals surface area contributed by atoms with Crippen LogP contribution in [0.5, 0.6) is 5.75 Å². The first kappa shape index (κ1) is 27.6. The number of hydrogen-bond donors (Lipinski definition) is 1. The van der Waals surface area contributed by atoms with Gasteiger partial charge in [0.1, 0.15) is 0 Å². The molecule has 10 nitrogen and oxygen atoms in total. The number of aromatic hydroxyl groups is 1. The van der Waals surface area contributed by atoms with Crippen LogP contribution in [0, 0.1) is 45.0 Å². The smallest absolute Gasteiger partial charge is 0.271 e. The molecular formula is C33H26FN3O7. The zero-order chi connectivity index (χ0) is 31.1. The molecule has 7 rings (SSSR count). The third kappa shape index (κ3) is 3.71. The Morgan fingerprint density at radius 3 is 2.32 bits per heavy atom. The number of allylic oxidation sites excluding steroid dienone is 2. The lowest BCUT2D eigenvalue weighted by atomic mass is 9.51. The minimum Gasteiger partial charge on any atom is -0.505 e. The van der Waals surface area contributed by atoms with Crippen LogP contribution >= 0.6 is 0 Å². The van der Waals surface area contributed by atoms with Crippen molar-refractivity contribution in [1.82, 2.24) is 0 Å². The number of nitrogens with zero attached hydrogens (tertiary/aromatic N) is 3. The first-order valence-electron chi connectivity index (χ1n) is 14.3. The van der Waals surface area contributed by atoms with Crippen molar-refractivity contribution in [3.63, 3.8) is 0 Å². The molecule has 2 aliphatic carbocycles. The standard InChI is InChI=1S/C33H26FN3O7/c1-33-24(30(40)36(32(33)42)18-6-3-2-4-7-18)16-23-21(28(33)17-10-13-26(38)25(34)14-17)11-12-22-27(23)31(41)35(29(22)39)19-8-5-9-20(15-19)37(43)44/h2-11,13-15,22-24,27-28,38H,12,16H2,1H3/t22-,23+,24-,27-,28-,33+/m0/s1. The number of non-ortho nitro benzene ring substituents is 1. The summed E-state index contributed by atoms with van der Waals surface area (Å²) in [6.07, 6.45) is 2.10. The Kier molecular flexibility index (Phi) is 6.07. The van der Waals surface area contributed by atoms with Crippen LogP contribution in [-0.4, -0.2) is 33.7 Å². The van der Waals surface area contributed by atoms with Crippen molar-refractivity contribution < 1.29 is 33.6 Å². The maximum absolute atomic E-state index is 14.8. The summed E-state index contributed by atoms with van der Waals surface area (Å²) in [6.45, 7) is 1.69. The van der Waals surface area contributed by atoms with Crippen molar-refractivity contribution in [1.29, 1.82) is 0 Å². The fourth-order valence-electron chi connectivity index (χ4n) is 7.92. The minimum atomic E-state index is -1.35. The number of para-hydroxylation sites is 1. The molecule has 3 fully saturated rings. The van der Waals surface area contributed by atoms with Crippen LogP contribution in [0.3, 0.4) is 0 Å². The number of carbonyl (C=O) groups is 4. The Balaban J connectivity index is 1.36. The average molecular weight is 596 g/mol. The molecule has 0 radical (unpaired) electrons. The summed E-state index contributed by atoms with van der Waals surface area (Å²) in [5, 5.41) is 21.4. The molecule has 6 atom stereocenters. The summed E-state index contributed by atoms with van der Waals surface area (Å²) in [5.74, 6) is -7.39. The second kappa shape index (κ2) is 9.66. The summed E-state index contributed by atoms with van der Waals surface area (Å²) >= 11 is 0.